The molecule has 0 aliphatic carbocycles. The average molecular weight is 183 g/mol. The number of nitrogens with one attached hydrogen (secondary N) is 1. The molecule has 0 unspecified atom stereocenters. The number of Topliss-reactive ketones (excluding diaryl/α,β-unsaturated/α-hetero) is 1. The number of hydrogen-bond donors (Lipinski definition) is 1. The van der Waals surface area contributed by atoms with Crippen molar-refractivity contribution >= 4 is 23.0 Å². The predicted octanol–water partition coefficient (Wildman–Crippen LogP) is 1.07. The van der Waals surface area contributed by atoms with Gasteiger partial charge in [-0.1, -0.05) is 6.07 Å². The van der Waals surface area contributed by atoms with Crippen LogP contribution in [0.3, 0.4) is 0 Å². The molecule has 1 aromatic rings. The summed E-state index contributed by atoms with van der Waals surface area (Å²) in [6.45, 7) is 2.26. The highest BCUT2D eigenvalue weighted by molar-refractivity contribution is 7.12. The SMILES string of the molecule is CCNC(=O)C(=O)c1cccs1. The van der Waals surface area contributed by atoms with Crippen LogP contribution in [0.25, 0.3) is 0 Å². The fraction of sp³-hybridized carbons (Fsp3) is 0.250. The van der Waals surface area contributed by atoms with Crippen molar-refractivity contribution in [3.05, 3.63) is 22.4 Å². The number of rotatable bonds is 3. The maximum absolute atomic E-state index is 11.2. The Morgan fingerprint density at radius 1 is 1.58 bits per heavy atom. The lowest BCUT2D eigenvalue weighted by molar-refractivity contribution is -0.116. The molecule has 0 spiro atoms. The van der Waals surface area contributed by atoms with Gasteiger partial charge in [0.1, 0.15) is 0 Å². The third-order valence-electron chi connectivity index (χ3n) is 1.29. The molecule has 0 saturated heterocycles. The van der Waals surface area contributed by atoms with Gasteiger partial charge in [-0.3, -0.25) is 9.59 Å². The predicted molar refractivity (Wildman–Crippen MR) is 47.3 cm³/mol. The van der Waals surface area contributed by atoms with E-state index in [-0.39, 0.29) is 0 Å². The Labute approximate surface area is 74.4 Å². The van der Waals surface area contributed by atoms with Crippen LogP contribution in [0.4, 0.5) is 0 Å². The molecule has 1 rings (SSSR count). The van der Waals surface area contributed by atoms with Gasteiger partial charge < -0.3 is 5.32 Å². The summed E-state index contributed by atoms with van der Waals surface area (Å²) in [4.78, 5) is 22.7. The van der Waals surface area contributed by atoms with Gasteiger partial charge in [-0.2, -0.15) is 0 Å². The molecular formula is C8H9NO2S. The van der Waals surface area contributed by atoms with E-state index in [1.165, 1.54) is 11.3 Å². The maximum atomic E-state index is 11.2. The highest BCUT2D eigenvalue weighted by Crippen LogP contribution is 2.08. The van der Waals surface area contributed by atoms with E-state index >= 15 is 0 Å². The molecule has 0 aromatic carbocycles. The van der Waals surface area contributed by atoms with Crippen molar-refractivity contribution in [3.8, 4) is 0 Å². The largest absolute Gasteiger partial charge is 0.349 e. The highest BCUT2D eigenvalue weighted by atomic mass is 32.1. The van der Waals surface area contributed by atoms with Crippen molar-refractivity contribution in [1.29, 1.82) is 0 Å². The number of thiophene rings is 1. The summed E-state index contributed by atoms with van der Waals surface area (Å²) in [6.07, 6.45) is 0. The van der Waals surface area contributed by atoms with Gasteiger partial charge >= 0.3 is 0 Å². The van der Waals surface area contributed by atoms with Crippen LogP contribution in [0.5, 0.6) is 0 Å². The number of carbonyl (C=O) groups is 2. The minimum absolute atomic E-state index is 0.452. The smallest absolute Gasteiger partial charge is 0.293 e. The van der Waals surface area contributed by atoms with E-state index in [0.29, 0.717) is 11.4 Å². The molecule has 1 aromatic heterocycles. The van der Waals surface area contributed by atoms with Gasteiger partial charge in [-0.15, -0.1) is 11.3 Å². The quantitative estimate of drug-likeness (QED) is 0.562. The second kappa shape index (κ2) is 4.01. The number of carbonyl (C=O) groups excluding carboxylic acids is 2. The van der Waals surface area contributed by atoms with E-state index in [1.807, 2.05) is 0 Å². The second-order valence-electron chi connectivity index (χ2n) is 2.17. The van der Waals surface area contributed by atoms with Crippen LogP contribution >= 0.6 is 11.3 Å². The zero-order valence-corrected chi connectivity index (χ0v) is 7.48. The van der Waals surface area contributed by atoms with E-state index in [1.54, 1.807) is 24.4 Å². The van der Waals surface area contributed by atoms with E-state index in [2.05, 4.69) is 5.32 Å². The molecule has 0 saturated carbocycles. The summed E-state index contributed by atoms with van der Waals surface area (Å²) in [7, 11) is 0. The first-order chi connectivity index (χ1) is 5.75. The Hall–Kier alpha value is -1.16. The fourth-order valence-corrected chi connectivity index (χ4v) is 1.42. The lowest BCUT2D eigenvalue weighted by Crippen LogP contribution is -2.30. The Balaban J connectivity index is 2.66. The van der Waals surface area contributed by atoms with Crippen molar-refractivity contribution in [3.63, 3.8) is 0 Å². The van der Waals surface area contributed by atoms with Crippen molar-refractivity contribution in [2.75, 3.05) is 6.54 Å². The molecule has 64 valence electrons. The zero-order chi connectivity index (χ0) is 8.97. The molecule has 0 aliphatic rings. The molecule has 3 nitrogen and oxygen atoms in total. The first kappa shape index (κ1) is 8.93. The third-order valence-corrected chi connectivity index (χ3v) is 2.16. The van der Waals surface area contributed by atoms with Crippen molar-refractivity contribution < 1.29 is 9.59 Å². The van der Waals surface area contributed by atoms with Gasteiger partial charge in [0.15, 0.2) is 0 Å². The molecule has 4 heteroatoms. The molecule has 12 heavy (non-hydrogen) atoms. The summed E-state index contributed by atoms with van der Waals surface area (Å²) < 4.78 is 0. The minimum Gasteiger partial charge on any atom is -0.349 e. The summed E-state index contributed by atoms with van der Waals surface area (Å²) in [5.41, 5.74) is 0. The van der Waals surface area contributed by atoms with Gasteiger partial charge in [0.05, 0.1) is 4.88 Å². The first-order valence-electron chi connectivity index (χ1n) is 3.61. The lowest BCUT2D eigenvalue weighted by Gasteiger charge is -1.97. The average Bonchev–Trinajstić information content (AvgIpc) is 2.55. The molecule has 0 bridgehead atoms. The van der Waals surface area contributed by atoms with Crippen LogP contribution in [0.2, 0.25) is 0 Å². The summed E-state index contributed by atoms with van der Waals surface area (Å²) in [5, 5.41) is 4.22. The van der Waals surface area contributed by atoms with E-state index in [9.17, 15) is 9.59 Å². The van der Waals surface area contributed by atoms with Gasteiger partial charge in [0.2, 0.25) is 0 Å². The normalized spacial score (nSPS) is 9.42. The molecule has 0 radical (unpaired) electrons. The Morgan fingerprint density at radius 2 is 2.33 bits per heavy atom. The fourth-order valence-electron chi connectivity index (χ4n) is 0.760. The van der Waals surface area contributed by atoms with Gasteiger partial charge in [-0.05, 0) is 18.4 Å². The Kier molecular flexibility index (Phi) is 2.99. The van der Waals surface area contributed by atoms with Gasteiger partial charge in [0.25, 0.3) is 11.7 Å². The van der Waals surface area contributed by atoms with Crippen molar-refractivity contribution in [1.82, 2.24) is 5.32 Å². The van der Waals surface area contributed by atoms with E-state index < -0.39 is 11.7 Å². The monoisotopic (exact) mass is 183 g/mol. The highest BCUT2D eigenvalue weighted by Gasteiger charge is 2.15. The number of hydrogen-bond acceptors (Lipinski definition) is 3. The second-order valence-corrected chi connectivity index (χ2v) is 3.11. The number of amides is 1. The van der Waals surface area contributed by atoms with E-state index in [4.69, 9.17) is 0 Å². The first-order valence-corrected chi connectivity index (χ1v) is 4.49. The third kappa shape index (κ3) is 1.92. The summed E-state index contributed by atoms with van der Waals surface area (Å²) in [6, 6.07) is 3.39. The number of likely N-dealkylation sites (N-methyl/N-ethyl adjacent to an activating group) is 1. The van der Waals surface area contributed by atoms with E-state index in [0.717, 1.165) is 0 Å². The summed E-state index contributed by atoms with van der Waals surface area (Å²) in [5.74, 6) is -0.980. The van der Waals surface area contributed by atoms with Crippen LogP contribution in [-0.2, 0) is 4.79 Å². The zero-order valence-electron chi connectivity index (χ0n) is 6.66. The van der Waals surface area contributed by atoms with Crippen LogP contribution in [0.15, 0.2) is 17.5 Å². The molecule has 0 aliphatic heterocycles. The molecule has 0 atom stereocenters. The Morgan fingerprint density at radius 3 is 2.83 bits per heavy atom. The minimum atomic E-state index is -0.528. The maximum Gasteiger partial charge on any atom is 0.293 e. The van der Waals surface area contributed by atoms with Crippen molar-refractivity contribution in [2.45, 2.75) is 6.92 Å². The molecule has 1 amide bonds. The molecule has 1 heterocycles. The van der Waals surface area contributed by atoms with Crippen LogP contribution in [0, 0.1) is 0 Å². The van der Waals surface area contributed by atoms with Crippen LogP contribution in [0.1, 0.15) is 16.6 Å². The molecule has 0 fully saturated rings. The molecular weight excluding hydrogens is 174 g/mol. The molecule has 1 N–H and O–H groups in total. The van der Waals surface area contributed by atoms with Crippen LogP contribution < -0.4 is 5.32 Å². The van der Waals surface area contributed by atoms with Gasteiger partial charge in [-0.25, -0.2) is 0 Å². The number of ketones is 1. The van der Waals surface area contributed by atoms with Crippen molar-refractivity contribution in [2.24, 2.45) is 0 Å². The topological polar surface area (TPSA) is 46.2 Å². The lowest BCUT2D eigenvalue weighted by atomic mass is 10.3. The Bertz CT molecular complexity index is 279. The summed E-state index contributed by atoms with van der Waals surface area (Å²) >= 11 is 1.27. The van der Waals surface area contributed by atoms with Gasteiger partial charge in [0, 0.05) is 6.54 Å². The van der Waals surface area contributed by atoms with Crippen LogP contribution in [-0.4, -0.2) is 18.2 Å². The standard InChI is InChI=1S/C8H9NO2S/c1-2-9-8(11)7(10)6-4-3-5-12-6/h3-5H,2H2,1H3,(H,9,11).